The summed E-state index contributed by atoms with van der Waals surface area (Å²) in [6.45, 7) is 2.39. The summed E-state index contributed by atoms with van der Waals surface area (Å²) in [5.41, 5.74) is 2.56. The highest BCUT2D eigenvalue weighted by molar-refractivity contribution is 6.31. The van der Waals surface area contributed by atoms with Gasteiger partial charge in [-0.15, -0.1) is 0 Å². The van der Waals surface area contributed by atoms with Crippen molar-refractivity contribution in [2.24, 2.45) is 0 Å². The average Bonchev–Trinajstić information content (AvgIpc) is 3.05. The van der Waals surface area contributed by atoms with Gasteiger partial charge in [0.2, 0.25) is 5.95 Å². The number of H-pyrrole nitrogens is 1. The van der Waals surface area contributed by atoms with Gasteiger partial charge >= 0.3 is 0 Å². The first-order chi connectivity index (χ1) is 13.1. The van der Waals surface area contributed by atoms with Gasteiger partial charge in [0.05, 0.1) is 5.52 Å². The maximum absolute atomic E-state index is 13.0. The first kappa shape index (κ1) is 17.2. The Kier molecular flexibility index (Phi) is 4.60. The molecule has 0 unspecified atom stereocenters. The van der Waals surface area contributed by atoms with E-state index in [2.05, 4.69) is 30.8 Å². The summed E-state index contributed by atoms with van der Waals surface area (Å²) in [6, 6.07) is 13.6. The molecule has 0 bridgehead atoms. The molecule has 8 heteroatoms. The molecule has 0 aliphatic heterocycles. The molecule has 0 fully saturated rings. The molecule has 4 rings (SSSR count). The highest BCUT2D eigenvalue weighted by Crippen LogP contribution is 2.27. The van der Waals surface area contributed by atoms with Crippen molar-refractivity contribution in [2.75, 3.05) is 10.6 Å². The van der Waals surface area contributed by atoms with Crippen molar-refractivity contribution in [3.63, 3.8) is 0 Å². The Morgan fingerprint density at radius 1 is 1.07 bits per heavy atom. The maximum Gasteiger partial charge on any atom is 0.225 e. The first-order valence-electron chi connectivity index (χ1n) is 8.31. The summed E-state index contributed by atoms with van der Waals surface area (Å²) in [6.07, 6.45) is 0. The molecule has 6 nitrogen and oxygen atoms in total. The number of aromatic nitrogens is 4. The number of hydrogen-bond donors (Lipinski definition) is 3. The third-order valence-electron chi connectivity index (χ3n) is 3.98. The van der Waals surface area contributed by atoms with E-state index in [1.165, 1.54) is 12.1 Å². The van der Waals surface area contributed by atoms with Crippen molar-refractivity contribution in [1.82, 2.24) is 20.2 Å². The molecule has 0 aliphatic carbocycles. The van der Waals surface area contributed by atoms with Crippen molar-refractivity contribution in [1.29, 1.82) is 0 Å². The standard InChI is InChI=1S/C19H16ClFN6/c1-11-8-17(27-26-11)24-18-15-7-4-13(20)9-16(15)23-19(25-18)22-10-12-2-5-14(21)6-3-12/h2-9H,10H2,1H3,(H3,22,23,24,25,26,27). The second-order valence-corrected chi connectivity index (χ2v) is 6.53. The monoisotopic (exact) mass is 382 g/mol. The summed E-state index contributed by atoms with van der Waals surface area (Å²) in [4.78, 5) is 9.09. The molecular weight excluding hydrogens is 367 g/mol. The summed E-state index contributed by atoms with van der Waals surface area (Å²) in [5, 5.41) is 14.9. The van der Waals surface area contributed by atoms with Crippen LogP contribution in [0, 0.1) is 12.7 Å². The van der Waals surface area contributed by atoms with Crippen LogP contribution in [0.4, 0.5) is 22.0 Å². The summed E-state index contributed by atoms with van der Waals surface area (Å²) in [7, 11) is 0. The van der Waals surface area contributed by atoms with Gasteiger partial charge in [0.15, 0.2) is 5.82 Å². The zero-order valence-electron chi connectivity index (χ0n) is 14.4. The number of fused-ring (bicyclic) bond motifs is 1. The smallest absolute Gasteiger partial charge is 0.225 e. The van der Waals surface area contributed by atoms with Gasteiger partial charge in [-0.1, -0.05) is 23.7 Å². The Labute approximate surface area is 159 Å². The number of aromatic amines is 1. The van der Waals surface area contributed by atoms with Gasteiger partial charge in [-0.05, 0) is 42.8 Å². The number of anilines is 3. The van der Waals surface area contributed by atoms with Crippen molar-refractivity contribution >= 4 is 40.1 Å². The molecule has 0 atom stereocenters. The predicted molar refractivity (Wildman–Crippen MR) is 105 cm³/mol. The van der Waals surface area contributed by atoms with Crippen LogP contribution in [0.3, 0.4) is 0 Å². The SMILES string of the molecule is Cc1cc(Nc2nc(NCc3ccc(F)cc3)nc3cc(Cl)ccc23)n[nH]1. The fraction of sp³-hybridized carbons (Fsp3) is 0.105. The van der Waals surface area contributed by atoms with Crippen LogP contribution in [-0.2, 0) is 6.54 Å². The lowest BCUT2D eigenvalue weighted by atomic mass is 10.2. The van der Waals surface area contributed by atoms with Gasteiger partial charge in [0.25, 0.3) is 0 Å². The first-order valence-corrected chi connectivity index (χ1v) is 8.69. The lowest BCUT2D eigenvalue weighted by Crippen LogP contribution is -2.06. The minimum Gasteiger partial charge on any atom is -0.350 e. The van der Waals surface area contributed by atoms with Gasteiger partial charge in [0.1, 0.15) is 11.6 Å². The van der Waals surface area contributed by atoms with E-state index in [1.54, 1.807) is 24.3 Å². The second kappa shape index (κ2) is 7.20. The minimum atomic E-state index is -0.267. The van der Waals surface area contributed by atoms with E-state index in [9.17, 15) is 4.39 Å². The molecule has 4 aromatic rings. The van der Waals surface area contributed by atoms with E-state index in [4.69, 9.17) is 11.6 Å². The summed E-state index contributed by atoms with van der Waals surface area (Å²) in [5.74, 6) is 1.44. The minimum absolute atomic E-state index is 0.267. The van der Waals surface area contributed by atoms with Crippen LogP contribution in [-0.4, -0.2) is 20.2 Å². The fourth-order valence-electron chi connectivity index (χ4n) is 2.66. The lowest BCUT2D eigenvalue weighted by molar-refractivity contribution is 0.627. The highest BCUT2D eigenvalue weighted by Gasteiger charge is 2.10. The Morgan fingerprint density at radius 3 is 2.63 bits per heavy atom. The zero-order valence-corrected chi connectivity index (χ0v) is 15.2. The predicted octanol–water partition coefficient (Wildman–Crippen LogP) is 4.81. The lowest BCUT2D eigenvalue weighted by Gasteiger charge is -2.11. The molecule has 2 aromatic heterocycles. The topological polar surface area (TPSA) is 78.5 Å². The number of hydrogen-bond acceptors (Lipinski definition) is 5. The molecule has 2 aromatic carbocycles. The van der Waals surface area contributed by atoms with E-state index in [1.807, 2.05) is 19.1 Å². The normalized spacial score (nSPS) is 10.9. The largest absolute Gasteiger partial charge is 0.350 e. The van der Waals surface area contributed by atoms with Gasteiger partial charge < -0.3 is 10.6 Å². The van der Waals surface area contributed by atoms with Crippen LogP contribution in [0.1, 0.15) is 11.3 Å². The van der Waals surface area contributed by atoms with Crippen LogP contribution >= 0.6 is 11.6 Å². The highest BCUT2D eigenvalue weighted by atomic mass is 35.5. The number of halogens is 2. The molecule has 3 N–H and O–H groups in total. The number of aryl methyl sites for hydroxylation is 1. The van der Waals surface area contributed by atoms with Gasteiger partial charge in [-0.3, -0.25) is 5.10 Å². The Balaban J connectivity index is 1.66. The van der Waals surface area contributed by atoms with Gasteiger partial charge in [-0.2, -0.15) is 10.1 Å². The van der Waals surface area contributed by atoms with Crippen LogP contribution < -0.4 is 10.6 Å². The third-order valence-corrected chi connectivity index (χ3v) is 4.21. The van der Waals surface area contributed by atoms with Crippen molar-refractivity contribution < 1.29 is 4.39 Å². The van der Waals surface area contributed by atoms with Crippen LogP contribution in [0.2, 0.25) is 5.02 Å². The second-order valence-electron chi connectivity index (χ2n) is 6.10. The summed E-state index contributed by atoms with van der Waals surface area (Å²) < 4.78 is 13.0. The van der Waals surface area contributed by atoms with Crippen LogP contribution in [0.25, 0.3) is 10.9 Å². The van der Waals surface area contributed by atoms with E-state index in [0.29, 0.717) is 34.7 Å². The number of nitrogens with one attached hydrogen (secondary N) is 3. The third kappa shape index (κ3) is 3.98. The molecule has 136 valence electrons. The van der Waals surface area contributed by atoms with Crippen LogP contribution in [0.5, 0.6) is 0 Å². The molecule has 0 saturated heterocycles. The quantitative estimate of drug-likeness (QED) is 0.461. The van der Waals surface area contributed by atoms with Crippen molar-refractivity contribution in [3.8, 4) is 0 Å². The molecule has 0 saturated carbocycles. The Hall–Kier alpha value is -3.19. The Morgan fingerprint density at radius 2 is 1.89 bits per heavy atom. The molecule has 0 spiro atoms. The maximum atomic E-state index is 13.0. The molecule has 27 heavy (non-hydrogen) atoms. The van der Waals surface area contributed by atoms with Gasteiger partial charge in [-0.25, -0.2) is 9.37 Å². The average molecular weight is 383 g/mol. The molecule has 2 heterocycles. The number of rotatable bonds is 5. The molecular formula is C19H16ClFN6. The molecule has 0 amide bonds. The van der Waals surface area contributed by atoms with Gasteiger partial charge in [0, 0.05) is 28.7 Å². The van der Waals surface area contributed by atoms with E-state index >= 15 is 0 Å². The molecule has 0 aliphatic rings. The number of nitrogens with zero attached hydrogens (tertiary/aromatic N) is 3. The van der Waals surface area contributed by atoms with E-state index in [-0.39, 0.29) is 5.82 Å². The fourth-order valence-corrected chi connectivity index (χ4v) is 2.83. The zero-order chi connectivity index (χ0) is 18.8. The van der Waals surface area contributed by atoms with Crippen molar-refractivity contribution in [2.45, 2.75) is 13.5 Å². The summed E-state index contributed by atoms with van der Waals surface area (Å²) >= 11 is 6.12. The number of benzene rings is 2. The van der Waals surface area contributed by atoms with E-state index in [0.717, 1.165) is 16.6 Å². The van der Waals surface area contributed by atoms with Crippen molar-refractivity contribution in [3.05, 3.63) is 70.6 Å². The van der Waals surface area contributed by atoms with Crippen LogP contribution in [0.15, 0.2) is 48.5 Å². The van der Waals surface area contributed by atoms with E-state index < -0.39 is 0 Å². The molecule has 0 radical (unpaired) electrons. The Bertz CT molecular complexity index is 1090.